The van der Waals surface area contributed by atoms with Gasteiger partial charge in [-0.1, -0.05) is 48.0 Å². The molecule has 49 heavy (non-hydrogen) atoms. The molecule has 0 radical (unpaired) electrons. The van der Waals surface area contributed by atoms with Gasteiger partial charge in [-0.2, -0.15) is 0 Å². The largest absolute Gasteiger partial charge is 0.319 e. The first-order valence-corrected chi connectivity index (χ1v) is 18.2. The predicted molar refractivity (Wildman–Crippen MR) is 204 cm³/mol. The fourth-order valence-electron chi connectivity index (χ4n) is 9.48. The minimum absolute atomic E-state index is 0.569. The number of benzene rings is 3. The van der Waals surface area contributed by atoms with Crippen LogP contribution >= 0.6 is 11.6 Å². The lowest BCUT2D eigenvalue weighted by molar-refractivity contribution is 0.313. The summed E-state index contributed by atoms with van der Waals surface area (Å²) < 4.78 is 5.01. The number of rotatable bonds is 5. The van der Waals surface area contributed by atoms with Gasteiger partial charge in [-0.25, -0.2) is 0 Å². The molecule has 4 bridgehead atoms. The van der Waals surface area contributed by atoms with Crippen LogP contribution in [-0.2, 0) is 13.1 Å². The Bertz CT molecular complexity index is 2340. The molecule has 0 N–H and O–H groups in total. The lowest BCUT2D eigenvalue weighted by Crippen LogP contribution is -2.25. The maximum Gasteiger partial charge on any atom is 0.0535 e. The van der Waals surface area contributed by atoms with Gasteiger partial charge in [-0.15, -0.1) is 0 Å². The third-order valence-electron chi connectivity index (χ3n) is 11.8. The molecule has 6 aromatic rings. The molecule has 2 saturated heterocycles. The van der Waals surface area contributed by atoms with Gasteiger partial charge in [0.25, 0.3) is 0 Å². The van der Waals surface area contributed by atoms with Gasteiger partial charge in [0, 0.05) is 90.0 Å². The molecule has 0 aliphatic carbocycles. The van der Waals surface area contributed by atoms with Gasteiger partial charge >= 0.3 is 0 Å². The third-order valence-corrected chi connectivity index (χ3v) is 12.0. The molecule has 4 atom stereocenters. The predicted octanol–water partition coefficient (Wildman–Crippen LogP) is 9.95. The first kappa shape index (κ1) is 29.5. The van der Waals surface area contributed by atoms with Gasteiger partial charge in [0.05, 0.1) is 11.0 Å². The molecule has 6 heteroatoms. The Kier molecular flexibility index (Phi) is 6.81. The van der Waals surface area contributed by atoms with Crippen molar-refractivity contribution in [2.24, 2.45) is 0 Å². The molecule has 0 amide bonds. The van der Waals surface area contributed by atoms with E-state index in [2.05, 4.69) is 117 Å². The van der Waals surface area contributed by atoms with Gasteiger partial charge in [0.2, 0.25) is 0 Å². The number of hydrogen-bond donors (Lipinski definition) is 0. The van der Waals surface area contributed by atoms with E-state index in [0.29, 0.717) is 11.8 Å². The number of halogens is 1. The molecule has 3 aromatic heterocycles. The van der Waals surface area contributed by atoms with Crippen LogP contribution in [0.1, 0.15) is 72.2 Å². The average molecular weight is 662 g/mol. The summed E-state index contributed by atoms with van der Waals surface area (Å²) >= 11 is 6.52. The van der Waals surface area contributed by atoms with Crippen molar-refractivity contribution in [3.8, 4) is 11.1 Å². The number of pyridine rings is 1. The van der Waals surface area contributed by atoms with Crippen molar-refractivity contribution in [1.29, 1.82) is 0 Å². The molecule has 7 heterocycles. The fraction of sp³-hybridized carbons (Fsp3) is 0.279. The number of nitrogens with zero attached hydrogens (tertiary/aromatic N) is 5. The molecule has 0 saturated carbocycles. The Morgan fingerprint density at radius 3 is 2.06 bits per heavy atom. The molecule has 0 spiro atoms. The number of fused-ring (bicyclic) bond motifs is 12. The summed E-state index contributed by atoms with van der Waals surface area (Å²) in [5.41, 5.74) is 16.1. The maximum atomic E-state index is 6.52. The van der Waals surface area contributed by atoms with E-state index < -0.39 is 0 Å². The van der Waals surface area contributed by atoms with Crippen LogP contribution < -0.4 is 0 Å². The van der Waals surface area contributed by atoms with Crippen LogP contribution in [0.5, 0.6) is 0 Å². The maximum absolute atomic E-state index is 6.52. The normalized spacial score (nSPS) is 23.0. The van der Waals surface area contributed by atoms with Crippen LogP contribution in [0.2, 0.25) is 5.02 Å². The Morgan fingerprint density at radius 1 is 0.714 bits per heavy atom. The van der Waals surface area contributed by atoms with E-state index in [1.165, 1.54) is 104 Å². The van der Waals surface area contributed by atoms with Gasteiger partial charge in [0.15, 0.2) is 0 Å². The molecule has 4 unspecified atom stereocenters. The number of hydrogen-bond acceptors (Lipinski definition) is 3. The van der Waals surface area contributed by atoms with E-state index in [1.807, 2.05) is 18.5 Å². The molecular weight excluding hydrogens is 622 g/mol. The van der Waals surface area contributed by atoms with Gasteiger partial charge < -0.3 is 9.13 Å². The van der Waals surface area contributed by atoms with Crippen molar-refractivity contribution in [2.45, 2.75) is 51.6 Å². The van der Waals surface area contributed by atoms with Gasteiger partial charge in [0.1, 0.15) is 0 Å². The molecular formula is C43H40ClN5. The van der Waals surface area contributed by atoms with E-state index in [4.69, 9.17) is 11.6 Å². The lowest BCUT2D eigenvalue weighted by atomic mass is 9.93. The highest BCUT2D eigenvalue weighted by molar-refractivity contribution is 6.31. The van der Waals surface area contributed by atoms with Crippen molar-refractivity contribution in [3.05, 3.63) is 124 Å². The van der Waals surface area contributed by atoms with E-state index in [1.54, 1.807) is 0 Å². The van der Waals surface area contributed by atoms with Crippen molar-refractivity contribution in [2.75, 3.05) is 26.2 Å². The van der Waals surface area contributed by atoms with Crippen molar-refractivity contribution in [1.82, 2.24) is 23.9 Å². The zero-order chi connectivity index (χ0) is 32.8. The first-order valence-electron chi connectivity index (χ1n) is 17.8. The summed E-state index contributed by atoms with van der Waals surface area (Å²) in [5.74, 6) is 1.15. The van der Waals surface area contributed by atoms with Crippen LogP contribution in [0, 0.1) is 0 Å². The Labute approximate surface area is 292 Å². The van der Waals surface area contributed by atoms with Gasteiger partial charge in [-0.3, -0.25) is 14.8 Å². The first-order chi connectivity index (χ1) is 24.0. The summed E-state index contributed by atoms with van der Waals surface area (Å²) in [5, 5.41) is 3.52. The highest BCUT2D eigenvalue weighted by Crippen LogP contribution is 2.46. The van der Waals surface area contributed by atoms with Crippen molar-refractivity contribution in [3.63, 3.8) is 0 Å². The summed E-state index contributed by atoms with van der Waals surface area (Å²) in [6.07, 6.45) is 11.0. The second-order valence-electron chi connectivity index (χ2n) is 14.7. The standard InChI is InChI=1S/C43H40ClN5/c1-27(21-48-39-11-10-34(44)20-36(39)37-25-46-18-14-32(23-46)42(37)48)29-6-8-31(9-7-29)35-4-3-5-40-41(35)38-26-47-19-15-33(24-47)43(38)49(40)22-28(2)30-12-16-45-17-13-30/h3-13,16-17,20-22,32-33H,14-15,18-19,23-26H2,1-2H3. The zero-order valence-electron chi connectivity index (χ0n) is 28.2. The quantitative estimate of drug-likeness (QED) is 0.184. The molecule has 10 rings (SSSR count). The average Bonchev–Trinajstić information content (AvgIpc) is 3.87. The van der Waals surface area contributed by atoms with Crippen molar-refractivity contribution >= 4 is 57.0 Å². The van der Waals surface area contributed by atoms with Crippen LogP contribution in [0.4, 0.5) is 0 Å². The zero-order valence-corrected chi connectivity index (χ0v) is 28.9. The summed E-state index contributed by atoms with van der Waals surface area (Å²) in [4.78, 5) is 9.49. The van der Waals surface area contributed by atoms with Crippen LogP contribution in [0.15, 0.2) is 85.2 Å². The van der Waals surface area contributed by atoms with Crippen molar-refractivity contribution < 1.29 is 0 Å². The smallest absolute Gasteiger partial charge is 0.0535 e. The number of aromatic nitrogens is 3. The van der Waals surface area contributed by atoms with E-state index in [9.17, 15) is 0 Å². The summed E-state index contributed by atoms with van der Waals surface area (Å²) in [6, 6.07) is 26.8. The Morgan fingerprint density at radius 2 is 1.35 bits per heavy atom. The fourth-order valence-corrected chi connectivity index (χ4v) is 9.65. The molecule has 5 nitrogen and oxygen atoms in total. The molecule has 2 fully saturated rings. The van der Waals surface area contributed by atoms with Crippen LogP contribution in [0.3, 0.4) is 0 Å². The second-order valence-corrected chi connectivity index (χ2v) is 15.1. The minimum Gasteiger partial charge on any atom is -0.319 e. The van der Waals surface area contributed by atoms with Crippen LogP contribution in [-0.4, -0.2) is 50.1 Å². The van der Waals surface area contributed by atoms with E-state index in [-0.39, 0.29) is 0 Å². The van der Waals surface area contributed by atoms with E-state index >= 15 is 0 Å². The molecule has 244 valence electrons. The number of allylic oxidation sites excluding steroid dienone is 2. The monoisotopic (exact) mass is 661 g/mol. The second kappa shape index (κ2) is 11.3. The Balaban J connectivity index is 1.06. The SMILES string of the molecule is CC(=Cn1c2c(c3c(-c4ccc(C(C)=Cn5c6c(c7cc(Cl)ccc75)CN5CCC6C5)cc4)cccc31)CN1CCC2C1)c1ccncc1. The topological polar surface area (TPSA) is 29.2 Å². The molecule has 4 aliphatic heterocycles. The highest BCUT2D eigenvalue weighted by Gasteiger charge is 2.37. The molecule has 4 aliphatic rings. The molecule has 3 aromatic carbocycles. The Hall–Kier alpha value is -4.42. The minimum atomic E-state index is 0.569. The summed E-state index contributed by atoms with van der Waals surface area (Å²) in [6.45, 7) is 11.2. The summed E-state index contributed by atoms with van der Waals surface area (Å²) in [7, 11) is 0. The third kappa shape index (κ3) is 4.70. The van der Waals surface area contributed by atoms with E-state index in [0.717, 1.165) is 31.2 Å². The van der Waals surface area contributed by atoms with Gasteiger partial charge in [-0.05, 0) is 121 Å². The lowest BCUT2D eigenvalue weighted by Gasteiger charge is -2.24. The van der Waals surface area contributed by atoms with Crippen LogP contribution in [0.25, 0.3) is 56.5 Å². The highest BCUT2D eigenvalue weighted by atomic mass is 35.5.